The van der Waals surface area contributed by atoms with Crippen LogP contribution in [0.1, 0.15) is 59.3 Å². The minimum absolute atomic E-state index is 0.142. The molecule has 240 valence electrons. The van der Waals surface area contributed by atoms with E-state index in [2.05, 4.69) is 10.6 Å². The van der Waals surface area contributed by atoms with Gasteiger partial charge in [0.2, 0.25) is 11.8 Å². The number of nitrogens with one attached hydrogen (secondary N) is 2. The molecular weight excluding hydrogens is 572 g/mol. The number of carbonyl (C=O) groups excluding carboxylic acids is 4. The molecule has 2 aromatic rings. The number of allylic oxidation sites excluding steroid dienone is 1. The summed E-state index contributed by atoms with van der Waals surface area (Å²) in [7, 11) is 1.32. The van der Waals surface area contributed by atoms with E-state index in [-0.39, 0.29) is 25.0 Å². The molecule has 0 aromatic heterocycles. The Hall–Kier alpha value is -4.34. The van der Waals surface area contributed by atoms with Crippen LogP contribution in [0, 0.1) is 5.92 Å². The Morgan fingerprint density at radius 1 is 0.978 bits per heavy atom. The van der Waals surface area contributed by atoms with Crippen molar-refractivity contribution >= 4 is 29.6 Å². The second kappa shape index (κ2) is 13.3. The average molecular weight is 617 g/mol. The molecule has 2 aromatic carbocycles. The van der Waals surface area contributed by atoms with Crippen LogP contribution in [0.3, 0.4) is 0 Å². The molecular formula is C35H44N4O6. The van der Waals surface area contributed by atoms with Crippen molar-refractivity contribution in [2.45, 2.75) is 82.5 Å². The highest BCUT2D eigenvalue weighted by molar-refractivity contribution is 5.97. The van der Waals surface area contributed by atoms with Gasteiger partial charge in [-0.25, -0.2) is 9.59 Å². The lowest BCUT2D eigenvalue weighted by Gasteiger charge is -2.29. The maximum atomic E-state index is 14.2. The number of hydrogen-bond acceptors (Lipinski definition) is 7. The third-order valence-electron chi connectivity index (χ3n) is 8.65. The number of carbonyl (C=O) groups is 4. The molecule has 2 N–H and O–H groups in total. The molecule has 2 fully saturated rings. The zero-order valence-electron chi connectivity index (χ0n) is 26.6. The van der Waals surface area contributed by atoms with Crippen LogP contribution in [0.2, 0.25) is 0 Å². The normalized spacial score (nSPS) is 26.4. The number of rotatable bonds is 4. The van der Waals surface area contributed by atoms with Gasteiger partial charge in [0, 0.05) is 18.2 Å². The molecule has 1 saturated heterocycles. The fourth-order valence-corrected chi connectivity index (χ4v) is 6.17. The Balaban J connectivity index is 1.44. The number of methoxy groups -OCH3 is 1. The molecule has 0 unspecified atom stereocenters. The first kappa shape index (κ1) is 32.1. The summed E-state index contributed by atoms with van der Waals surface area (Å²) in [6, 6.07) is 16.2. The molecule has 0 spiro atoms. The molecule has 45 heavy (non-hydrogen) atoms. The van der Waals surface area contributed by atoms with Crippen LogP contribution in [0.15, 0.2) is 66.7 Å². The molecule has 5 rings (SSSR count). The van der Waals surface area contributed by atoms with Gasteiger partial charge in [0.1, 0.15) is 23.2 Å². The van der Waals surface area contributed by atoms with E-state index in [0.717, 1.165) is 36.1 Å². The number of esters is 1. The molecule has 3 amide bonds. The quantitative estimate of drug-likeness (QED) is 0.375. The topological polar surface area (TPSA) is 117 Å². The first-order valence-electron chi connectivity index (χ1n) is 15.8. The highest BCUT2D eigenvalue weighted by Crippen LogP contribution is 2.46. The summed E-state index contributed by atoms with van der Waals surface area (Å²) in [5.41, 5.74) is 1.10. The number of fused-ring (bicyclic) bond motifs is 2. The predicted octanol–water partition coefficient (Wildman–Crippen LogP) is 4.79. The lowest BCUT2D eigenvalue weighted by molar-refractivity contribution is -0.148. The largest absolute Gasteiger partial charge is 0.467 e. The van der Waals surface area contributed by atoms with Crippen LogP contribution < -0.4 is 15.5 Å². The van der Waals surface area contributed by atoms with Crippen molar-refractivity contribution in [1.82, 2.24) is 15.5 Å². The zero-order chi connectivity index (χ0) is 32.2. The summed E-state index contributed by atoms with van der Waals surface area (Å²) in [5, 5.41) is 5.76. The molecule has 10 heteroatoms. The summed E-state index contributed by atoms with van der Waals surface area (Å²) in [6.45, 7) is 5.66. The molecule has 1 saturated carbocycles. The summed E-state index contributed by atoms with van der Waals surface area (Å²) in [6.07, 6.45) is 7.49. The van der Waals surface area contributed by atoms with Crippen LogP contribution >= 0.6 is 0 Å². The molecule has 3 aliphatic rings. The van der Waals surface area contributed by atoms with E-state index in [1.54, 1.807) is 20.8 Å². The minimum atomic E-state index is -1.16. The fourth-order valence-electron chi connectivity index (χ4n) is 6.17. The molecule has 0 radical (unpaired) electrons. The summed E-state index contributed by atoms with van der Waals surface area (Å²) in [5.74, 6) is -1.47. The van der Waals surface area contributed by atoms with Crippen molar-refractivity contribution < 1.29 is 28.7 Å². The van der Waals surface area contributed by atoms with Gasteiger partial charge in [0.15, 0.2) is 0 Å². The van der Waals surface area contributed by atoms with Gasteiger partial charge in [0.05, 0.1) is 13.8 Å². The Kier molecular flexibility index (Phi) is 9.51. The van der Waals surface area contributed by atoms with Crippen LogP contribution in [0.5, 0.6) is 0 Å². The van der Waals surface area contributed by atoms with E-state index < -0.39 is 41.2 Å². The smallest absolute Gasteiger partial charge is 0.408 e. The van der Waals surface area contributed by atoms with Crippen molar-refractivity contribution in [2.24, 2.45) is 5.92 Å². The van der Waals surface area contributed by atoms with Crippen molar-refractivity contribution in [3.63, 3.8) is 0 Å². The molecule has 4 atom stereocenters. The maximum Gasteiger partial charge on any atom is 0.408 e. The van der Waals surface area contributed by atoms with Gasteiger partial charge >= 0.3 is 12.1 Å². The van der Waals surface area contributed by atoms with E-state index >= 15 is 0 Å². The van der Waals surface area contributed by atoms with E-state index in [4.69, 9.17) is 9.47 Å². The van der Waals surface area contributed by atoms with Gasteiger partial charge in [-0.05, 0) is 69.7 Å². The second-order valence-corrected chi connectivity index (χ2v) is 13.1. The monoisotopic (exact) mass is 616 g/mol. The van der Waals surface area contributed by atoms with Crippen molar-refractivity contribution in [3.8, 4) is 11.1 Å². The number of benzene rings is 2. The van der Waals surface area contributed by atoms with Gasteiger partial charge in [-0.2, -0.15) is 0 Å². The molecule has 2 aliphatic heterocycles. The van der Waals surface area contributed by atoms with E-state index in [0.29, 0.717) is 19.3 Å². The third-order valence-corrected chi connectivity index (χ3v) is 8.65. The first-order valence-corrected chi connectivity index (χ1v) is 15.8. The molecule has 10 nitrogen and oxygen atoms in total. The predicted molar refractivity (Wildman–Crippen MR) is 171 cm³/mol. The molecule has 0 bridgehead atoms. The number of ether oxygens (including phenoxy) is 2. The number of hydrogen-bond donors (Lipinski definition) is 2. The number of alkyl carbamates (subject to hydrolysis) is 1. The minimum Gasteiger partial charge on any atom is -0.467 e. The van der Waals surface area contributed by atoms with Gasteiger partial charge in [-0.15, -0.1) is 0 Å². The summed E-state index contributed by atoms with van der Waals surface area (Å²) >= 11 is 0. The van der Waals surface area contributed by atoms with Gasteiger partial charge in [0.25, 0.3) is 0 Å². The number of anilines is 1. The van der Waals surface area contributed by atoms with Gasteiger partial charge in [-0.3, -0.25) is 9.59 Å². The first-order chi connectivity index (χ1) is 21.5. The number of nitrogens with zero attached hydrogens (tertiary/aromatic N) is 2. The van der Waals surface area contributed by atoms with Crippen molar-refractivity contribution in [2.75, 3.05) is 25.2 Å². The third kappa shape index (κ3) is 7.49. The fraction of sp³-hybridized carbons (Fsp3) is 0.486. The van der Waals surface area contributed by atoms with Gasteiger partial charge in [-0.1, -0.05) is 67.5 Å². The Bertz CT molecular complexity index is 1420. The van der Waals surface area contributed by atoms with E-state index in [9.17, 15) is 19.2 Å². The van der Waals surface area contributed by atoms with Crippen LogP contribution in [0.25, 0.3) is 11.1 Å². The Morgan fingerprint density at radius 3 is 2.38 bits per heavy atom. The van der Waals surface area contributed by atoms with Crippen LogP contribution in [0.4, 0.5) is 10.5 Å². The number of amides is 3. The lowest BCUT2D eigenvalue weighted by Crippen LogP contribution is -2.57. The lowest BCUT2D eigenvalue weighted by atomic mass is 10.0. The average Bonchev–Trinajstić information content (AvgIpc) is 3.52. The Morgan fingerprint density at radius 2 is 1.69 bits per heavy atom. The van der Waals surface area contributed by atoms with Crippen molar-refractivity contribution in [1.29, 1.82) is 0 Å². The van der Waals surface area contributed by atoms with E-state index in [1.807, 2.05) is 71.6 Å². The zero-order valence-corrected chi connectivity index (χ0v) is 26.6. The summed E-state index contributed by atoms with van der Waals surface area (Å²) < 4.78 is 10.6. The van der Waals surface area contributed by atoms with Crippen molar-refractivity contribution in [3.05, 3.63) is 66.7 Å². The highest BCUT2D eigenvalue weighted by Gasteiger charge is 2.62. The molecule has 2 heterocycles. The Labute approximate surface area is 265 Å². The second-order valence-electron chi connectivity index (χ2n) is 13.1. The van der Waals surface area contributed by atoms with E-state index in [1.165, 1.54) is 12.0 Å². The summed E-state index contributed by atoms with van der Waals surface area (Å²) in [4.78, 5) is 57.5. The standard InChI is InChI=1S/C35H44N4O6/c1-34(2,3)45-33(43)36-28-16-12-7-5-6-11-15-26-21-35(26,32(42)44-4)37-30(40)29-22-38(23-39(29)31(28)41)27-19-17-25(18-20-27)24-13-9-8-10-14-24/h8-11,13-15,17-20,26,28-29H,5-7,12,16,21-23H2,1-4H3,(H,36,43)(H,37,40)/b15-11-/t26-,28+,29+,35-/m1/s1. The highest BCUT2D eigenvalue weighted by atomic mass is 16.6. The maximum absolute atomic E-state index is 14.2. The van der Waals surface area contributed by atoms with Gasteiger partial charge < -0.3 is 29.9 Å². The SMILES string of the molecule is COC(=O)[C@@]12C[C@H]1/C=C\CCCCC[C@H](NC(=O)OC(C)(C)C)C(=O)N1CN(c3ccc(-c4ccccc4)cc3)C[C@H]1C(=O)N2. The molecule has 1 aliphatic carbocycles. The van der Waals surface area contributed by atoms with Crippen LogP contribution in [-0.2, 0) is 23.9 Å². The van der Waals surface area contributed by atoms with Crippen LogP contribution in [-0.4, -0.2) is 72.3 Å².